The van der Waals surface area contributed by atoms with Gasteiger partial charge in [0.05, 0.1) is 18.8 Å². The zero-order chi connectivity index (χ0) is 24.0. The SMILES string of the molecule is NC(=O)CC(N)C(=O)NC(Cc1c[nH]c2ccccc12)C(=O)NC(Cc1cnc[nH]1)C(=O)O. The molecule has 0 fully saturated rings. The maximum atomic E-state index is 13.1. The second-order valence-corrected chi connectivity index (χ2v) is 7.58. The van der Waals surface area contributed by atoms with Crippen LogP contribution in [-0.4, -0.2) is 61.9 Å². The number of aliphatic carboxylic acids is 1. The Kier molecular flexibility index (Phi) is 7.41. The molecule has 0 spiro atoms. The molecule has 0 aliphatic carbocycles. The number of fused-ring (bicyclic) bond motifs is 1. The lowest BCUT2D eigenvalue weighted by Crippen LogP contribution is -2.56. The highest BCUT2D eigenvalue weighted by molar-refractivity contribution is 5.94. The van der Waals surface area contributed by atoms with Crippen molar-refractivity contribution >= 4 is 34.6 Å². The molecule has 0 bridgehead atoms. The van der Waals surface area contributed by atoms with Crippen molar-refractivity contribution in [3.05, 3.63) is 54.2 Å². The van der Waals surface area contributed by atoms with Crippen LogP contribution in [0.25, 0.3) is 10.9 Å². The van der Waals surface area contributed by atoms with E-state index in [1.165, 1.54) is 12.5 Å². The molecule has 174 valence electrons. The van der Waals surface area contributed by atoms with Crippen LogP contribution in [-0.2, 0) is 32.0 Å². The zero-order valence-corrected chi connectivity index (χ0v) is 17.6. The van der Waals surface area contributed by atoms with Crippen molar-refractivity contribution in [2.24, 2.45) is 11.5 Å². The van der Waals surface area contributed by atoms with Crippen LogP contribution in [0.5, 0.6) is 0 Å². The van der Waals surface area contributed by atoms with Crippen molar-refractivity contribution in [1.82, 2.24) is 25.6 Å². The number of amides is 3. The van der Waals surface area contributed by atoms with Gasteiger partial charge in [0.15, 0.2) is 0 Å². The molecule has 3 atom stereocenters. The van der Waals surface area contributed by atoms with Gasteiger partial charge in [0, 0.05) is 41.8 Å². The van der Waals surface area contributed by atoms with E-state index in [9.17, 15) is 24.3 Å². The standard InChI is InChI=1S/C21H25N7O5/c22-14(7-18(23)29)19(30)27-16(5-11-8-25-15-4-2-1-3-13(11)15)20(31)28-17(21(32)33)6-12-9-24-10-26-12/h1-4,8-10,14,16-17,25H,5-7,22H2,(H2,23,29)(H,24,26)(H,27,30)(H,28,31)(H,32,33). The van der Waals surface area contributed by atoms with Gasteiger partial charge in [-0.1, -0.05) is 18.2 Å². The Balaban J connectivity index is 1.81. The van der Waals surface area contributed by atoms with E-state index in [1.54, 1.807) is 6.20 Å². The van der Waals surface area contributed by atoms with Crippen LogP contribution in [0.15, 0.2) is 43.0 Å². The van der Waals surface area contributed by atoms with Gasteiger partial charge < -0.3 is 37.2 Å². The third-order valence-corrected chi connectivity index (χ3v) is 5.08. The Morgan fingerprint density at radius 3 is 2.42 bits per heavy atom. The van der Waals surface area contributed by atoms with Crippen LogP contribution in [0.2, 0.25) is 0 Å². The van der Waals surface area contributed by atoms with Gasteiger partial charge in [0.1, 0.15) is 12.1 Å². The smallest absolute Gasteiger partial charge is 0.326 e. The number of H-pyrrole nitrogens is 2. The fourth-order valence-electron chi connectivity index (χ4n) is 3.41. The van der Waals surface area contributed by atoms with Crippen molar-refractivity contribution < 1.29 is 24.3 Å². The quantitative estimate of drug-likeness (QED) is 0.190. The van der Waals surface area contributed by atoms with E-state index in [0.29, 0.717) is 5.69 Å². The molecule has 1 aromatic carbocycles. The van der Waals surface area contributed by atoms with Gasteiger partial charge >= 0.3 is 5.97 Å². The first-order valence-corrected chi connectivity index (χ1v) is 10.1. The van der Waals surface area contributed by atoms with Crippen LogP contribution in [0.1, 0.15) is 17.7 Å². The number of nitrogens with two attached hydrogens (primary N) is 2. The first kappa shape index (κ1) is 23.5. The van der Waals surface area contributed by atoms with Gasteiger partial charge in [-0.3, -0.25) is 14.4 Å². The molecule has 12 heteroatoms. The van der Waals surface area contributed by atoms with Crippen molar-refractivity contribution in [2.45, 2.75) is 37.4 Å². The van der Waals surface area contributed by atoms with Gasteiger partial charge in [0.25, 0.3) is 0 Å². The lowest BCUT2D eigenvalue weighted by molar-refractivity contribution is -0.142. The molecule has 0 saturated heterocycles. The molecule has 9 N–H and O–H groups in total. The number of carbonyl (C=O) groups excluding carboxylic acids is 3. The topological polar surface area (TPSA) is 209 Å². The zero-order valence-electron chi connectivity index (χ0n) is 17.6. The van der Waals surface area contributed by atoms with E-state index in [1.807, 2.05) is 24.3 Å². The summed E-state index contributed by atoms with van der Waals surface area (Å²) in [5, 5.41) is 15.4. The summed E-state index contributed by atoms with van der Waals surface area (Å²) in [6.45, 7) is 0. The first-order valence-electron chi connectivity index (χ1n) is 10.1. The molecule has 0 radical (unpaired) electrons. The number of aromatic nitrogens is 3. The number of carboxylic acids is 1. The number of hydrogen-bond acceptors (Lipinski definition) is 6. The lowest BCUT2D eigenvalue weighted by Gasteiger charge is -2.22. The maximum absolute atomic E-state index is 13.1. The summed E-state index contributed by atoms with van der Waals surface area (Å²) in [5.74, 6) is -3.48. The minimum absolute atomic E-state index is 0.0317. The van der Waals surface area contributed by atoms with E-state index in [4.69, 9.17) is 11.5 Å². The van der Waals surface area contributed by atoms with Crippen LogP contribution < -0.4 is 22.1 Å². The molecule has 3 amide bonds. The summed E-state index contributed by atoms with van der Waals surface area (Å²) >= 11 is 0. The number of nitrogens with zero attached hydrogens (tertiary/aromatic N) is 1. The van der Waals surface area contributed by atoms with E-state index >= 15 is 0 Å². The Hall–Kier alpha value is -4.19. The highest BCUT2D eigenvalue weighted by Gasteiger charge is 2.29. The average Bonchev–Trinajstić information content (AvgIpc) is 3.42. The molecule has 0 saturated carbocycles. The second kappa shape index (κ2) is 10.4. The number of primary amides is 1. The second-order valence-electron chi connectivity index (χ2n) is 7.58. The molecule has 33 heavy (non-hydrogen) atoms. The third-order valence-electron chi connectivity index (χ3n) is 5.08. The molecule has 12 nitrogen and oxygen atoms in total. The fraction of sp³-hybridized carbons (Fsp3) is 0.286. The number of hydrogen-bond donors (Lipinski definition) is 7. The summed E-state index contributed by atoms with van der Waals surface area (Å²) in [7, 11) is 0. The third kappa shape index (κ3) is 6.17. The summed E-state index contributed by atoms with van der Waals surface area (Å²) < 4.78 is 0. The first-order chi connectivity index (χ1) is 15.7. The van der Waals surface area contributed by atoms with Gasteiger partial charge in [-0.15, -0.1) is 0 Å². The van der Waals surface area contributed by atoms with E-state index < -0.39 is 48.2 Å². The molecular formula is C21H25N7O5. The van der Waals surface area contributed by atoms with E-state index in [-0.39, 0.29) is 12.8 Å². The molecule has 2 heterocycles. The fourth-order valence-corrected chi connectivity index (χ4v) is 3.41. The van der Waals surface area contributed by atoms with Crippen LogP contribution >= 0.6 is 0 Å². The molecule has 3 unspecified atom stereocenters. The van der Waals surface area contributed by atoms with Gasteiger partial charge in [0.2, 0.25) is 17.7 Å². The summed E-state index contributed by atoms with van der Waals surface area (Å²) in [6, 6.07) is 3.74. The van der Waals surface area contributed by atoms with Crippen LogP contribution in [0.3, 0.4) is 0 Å². The van der Waals surface area contributed by atoms with Crippen molar-refractivity contribution in [3.8, 4) is 0 Å². The Morgan fingerprint density at radius 2 is 1.76 bits per heavy atom. The number of imidazole rings is 1. The minimum atomic E-state index is -1.26. The highest BCUT2D eigenvalue weighted by Crippen LogP contribution is 2.19. The minimum Gasteiger partial charge on any atom is -0.480 e. The predicted molar refractivity (Wildman–Crippen MR) is 118 cm³/mol. The number of carbonyl (C=O) groups is 4. The number of rotatable bonds is 11. The molecular weight excluding hydrogens is 430 g/mol. The number of aromatic amines is 2. The Labute approximate surface area is 188 Å². The normalized spacial score (nSPS) is 13.7. The summed E-state index contributed by atoms with van der Waals surface area (Å²) in [5.41, 5.74) is 12.9. The molecule has 0 aliphatic heterocycles. The Bertz CT molecular complexity index is 1140. The number of benzene rings is 1. The van der Waals surface area contributed by atoms with E-state index in [2.05, 4.69) is 25.6 Å². The summed E-state index contributed by atoms with van der Waals surface area (Å²) in [4.78, 5) is 58.1. The molecule has 3 aromatic rings. The molecule has 0 aliphatic rings. The van der Waals surface area contributed by atoms with Gasteiger partial charge in [-0.25, -0.2) is 9.78 Å². The van der Waals surface area contributed by atoms with Crippen molar-refractivity contribution in [2.75, 3.05) is 0 Å². The summed E-state index contributed by atoms with van der Waals surface area (Å²) in [6.07, 6.45) is 4.19. The lowest BCUT2D eigenvalue weighted by atomic mass is 10.0. The molecule has 2 aromatic heterocycles. The largest absolute Gasteiger partial charge is 0.480 e. The van der Waals surface area contributed by atoms with Crippen LogP contribution in [0, 0.1) is 0 Å². The van der Waals surface area contributed by atoms with Crippen LogP contribution in [0.4, 0.5) is 0 Å². The average molecular weight is 455 g/mol. The maximum Gasteiger partial charge on any atom is 0.326 e. The van der Waals surface area contributed by atoms with Gasteiger partial charge in [-0.05, 0) is 11.6 Å². The number of para-hydroxylation sites is 1. The van der Waals surface area contributed by atoms with Gasteiger partial charge in [-0.2, -0.15) is 0 Å². The Morgan fingerprint density at radius 1 is 1.03 bits per heavy atom. The van der Waals surface area contributed by atoms with E-state index in [0.717, 1.165) is 16.5 Å². The highest BCUT2D eigenvalue weighted by atomic mass is 16.4. The monoisotopic (exact) mass is 455 g/mol. The van der Waals surface area contributed by atoms with Crippen molar-refractivity contribution in [3.63, 3.8) is 0 Å². The predicted octanol–water partition coefficient (Wildman–Crippen LogP) is -1.07. The number of carboxylic acid groups (broad SMARTS) is 1. The number of nitrogens with one attached hydrogen (secondary N) is 4. The molecule has 3 rings (SSSR count). The van der Waals surface area contributed by atoms with Crippen molar-refractivity contribution in [1.29, 1.82) is 0 Å².